The van der Waals surface area contributed by atoms with Gasteiger partial charge in [0.1, 0.15) is 23.1 Å². The fourth-order valence-electron chi connectivity index (χ4n) is 2.49. The Morgan fingerprint density at radius 3 is 2.82 bits per heavy atom. The molecule has 0 amide bonds. The van der Waals surface area contributed by atoms with Crippen LogP contribution in [-0.4, -0.2) is 27.9 Å². The number of phenols is 1. The fraction of sp³-hybridized carbons (Fsp3) is 0.100. The summed E-state index contributed by atoms with van der Waals surface area (Å²) in [5.74, 6) is 0.692. The maximum Gasteiger partial charge on any atom is 0.270 e. The first-order chi connectivity index (χ1) is 13.6. The van der Waals surface area contributed by atoms with Gasteiger partial charge in [-0.2, -0.15) is 10.4 Å². The van der Waals surface area contributed by atoms with E-state index >= 15 is 0 Å². The molecule has 0 aliphatic heterocycles. The summed E-state index contributed by atoms with van der Waals surface area (Å²) >= 11 is 0. The van der Waals surface area contributed by atoms with E-state index in [1.165, 1.54) is 12.3 Å². The Hall–Kier alpha value is -4.12. The summed E-state index contributed by atoms with van der Waals surface area (Å²) in [5.41, 5.74) is 3.28. The number of aromatic amines is 1. The minimum atomic E-state index is -0.574. The molecule has 8 nitrogen and oxygen atoms in total. The third-order valence-electron chi connectivity index (χ3n) is 3.76. The normalized spacial score (nSPS) is 10.6. The van der Waals surface area contributed by atoms with Gasteiger partial charge in [0.15, 0.2) is 0 Å². The van der Waals surface area contributed by atoms with Crippen molar-refractivity contribution in [1.29, 1.82) is 5.26 Å². The first-order valence-corrected chi connectivity index (χ1v) is 8.47. The van der Waals surface area contributed by atoms with Crippen molar-refractivity contribution in [2.45, 2.75) is 6.92 Å². The van der Waals surface area contributed by atoms with Crippen molar-refractivity contribution in [3.8, 4) is 28.8 Å². The summed E-state index contributed by atoms with van der Waals surface area (Å²) in [6.45, 7) is 2.36. The maximum atomic E-state index is 12.2. The van der Waals surface area contributed by atoms with Crippen LogP contribution in [0.15, 0.2) is 58.4 Å². The highest BCUT2D eigenvalue weighted by Gasteiger charge is 2.12. The van der Waals surface area contributed by atoms with Gasteiger partial charge in [0.2, 0.25) is 5.95 Å². The number of aromatic nitrogens is 2. The first-order valence-electron chi connectivity index (χ1n) is 8.47. The van der Waals surface area contributed by atoms with E-state index in [2.05, 4.69) is 20.5 Å². The second-order valence-corrected chi connectivity index (χ2v) is 5.64. The fourth-order valence-corrected chi connectivity index (χ4v) is 2.49. The molecule has 2 aromatic carbocycles. The lowest BCUT2D eigenvalue weighted by Gasteiger charge is -2.07. The molecule has 8 heteroatoms. The summed E-state index contributed by atoms with van der Waals surface area (Å²) in [5, 5.41) is 23.2. The molecule has 28 heavy (non-hydrogen) atoms. The zero-order chi connectivity index (χ0) is 19.9. The zero-order valence-corrected chi connectivity index (χ0v) is 15.0. The molecule has 0 aliphatic rings. The van der Waals surface area contributed by atoms with Crippen molar-refractivity contribution < 1.29 is 9.84 Å². The molecule has 0 unspecified atom stereocenters. The molecule has 3 rings (SSSR count). The Balaban J connectivity index is 1.89. The second kappa shape index (κ2) is 8.51. The number of nitriles is 1. The number of hydrogen-bond donors (Lipinski definition) is 3. The van der Waals surface area contributed by atoms with Gasteiger partial charge in [-0.1, -0.05) is 30.3 Å². The molecule has 0 saturated carbocycles. The van der Waals surface area contributed by atoms with Gasteiger partial charge in [0.05, 0.1) is 18.5 Å². The van der Waals surface area contributed by atoms with Gasteiger partial charge in [-0.15, -0.1) is 0 Å². The van der Waals surface area contributed by atoms with E-state index in [4.69, 9.17) is 4.74 Å². The summed E-state index contributed by atoms with van der Waals surface area (Å²) in [6.07, 6.45) is 1.37. The lowest BCUT2D eigenvalue weighted by molar-refractivity contribution is 0.339. The van der Waals surface area contributed by atoms with Crippen molar-refractivity contribution in [3.63, 3.8) is 0 Å². The molecule has 3 N–H and O–H groups in total. The van der Waals surface area contributed by atoms with E-state index in [-0.39, 0.29) is 23.0 Å². The number of hydrazone groups is 1. The van der Waals surface area contributed by atoms with E-state index in [0.29, 0.717) is 23.5 Å². The highest BCUT2D eigenvalue weighted by Crippen LogP contribution is 2.22. The third-order valence-corrected chi connectivity index (χ3v) is 3.76. The summed E-state index contributed by atoms with van der Waals surface area (Å²) in [7, 11) is 0. The average molecular weight is 375 g/mol. The number of aromatic hydroxyl groups is 1. The molecule has 0 fully saturated rings. The standard InChI is InChI=1S/C20H17N5O3/c1-2-28-15-8-9-17(26)14(10-15)12-22-25-20-23-18(13-6-4-3-5-7-13)16(11-21)19(27)24-20/h3-10,12,26H,2H2,1H3,(H2,23,24,25,27). The van der Waals surface area contributed by atoms with Gasteiger partial charge >= 0.3 is 0 Å². The van der Waals surface area contributed by atoms with Gasteiger partial charge in [-0.05, 0) is 25.1 Å². The first kappa shape index (κ1) is 18.7. The van der Waals surface area contributed by atoms with Crippen LogP contribution in [0.4, 0.5) is 5.95 Å². The second-order valence-electron chi connectivity index (χ2n) is 5.64. The number of ether oxygens (including phenoxy) is 1. The Labute approximate surface area is 160 Å². The molecule has 0 saturated heterocycles. The molecule has 1 heterocycles. The highest BCUT2D eigenvalue weighted by molar-refractivity contribution is 5.84. The van der Waals surface area contributed by atoms with Crippen molar-refractivity contribution in [2.24, 2.45) is 5.10 Å². The number of anilines is 1. The lowest BCUT2D eigenvalue weighted by atomic mass is 10.1. The molecule has 140 valence electrons. The van der Waals surface area contributed by atoms with E-state index in [0.717, 1.165) is 0 Å². The molecule has 0 aliphatic carbocycles. The van der Waals surface area contributed by atoms with Crippen LogP contribution in [0, 0.1) is 11.3 Å². The minimum Gasteiger partial charge on any atom is -0.507 e. The predicted octanol–water partition coefficient (Wildman–Crippen LogP) is 2.86. The minimum absolute atomic E-state index is 0.0280. The van der Waals surface area contributed by atoms with E-state index < -0.39 is 5.56 Å². The Morgan fingerprint density at radius 2 is 2.11 bits per heavy atom. The number of nitrogens with one attached hydrogen (secondary N) is 2. The molecular weight excluding hydrogens is 358 g/mol. The Kier molecular flexibility index (Phi) is 5.67. The van der Waals surface area contributed by atoms with Gasteiger partial charge in [0.25, 0.3) is 5.56 Å². The van der Waals surface area contributed by atoms with Gasteiger partial charge < -0.3 is 9.84 Å². The van der Waals surface area contributed by atoms with Gasteiger partial charge in [-0.3, -0.25) is 9.78 Å². The van der Waals surface area contributed by atoms with Crippen LogP contribution in [0.3, 0.4) is 0 Å². The largest absolute Gasteiger partial charge is 0.507 e. The predicted molar refractivity (Wildman–Crippen MR) is 106 cm³/mol. The van der Waals surface area contributed by atoms with Crippen LogP contribution in [0.1, 0.15) is 18.1 Å². The van der Waals surface area contributed by atoms with Gasteiger partial charge in [0, 0.05) is 11.1 Å². The number of H-pyrrole nitrogens is 1. The Morgan fingerprint density at radius 1 is 1.32 bits per heavy atom. The number of nitrogens with zero attached hydrogens (tertiary/aromatic N) is 3. The summed E-state index contributed by atoms with van der Waals surface area (Å²) in [4.78, 5) is 19.0. The van der Waals surface area contributed by atoms with E-state index in [9.17, 15) is 15.2 Å². The SMILES string of the molecule is CCOc1ccc(O)c(C=NNc2nc(-c3ccccc3)c(C#N)c(=O)[nH]2)c1. The molecule has 3 aromatic rings. The van der Waals surface area contributed by atoms with Crippen LogP contribution >= 0.6 is 0 Å². The molecule has 1 aromatic heterocycles. The molecule has 0 radical (unpaired) electrons. The number of benzene rings is 2. The van der Waals surface area contributed by atoms with Gasteiger partial charge in [-0.25, -0.2) is 10.4 Å². The van der Waals surface area contributed by atoms with Crippen molar-refractivity contribution in [2.75, 3.05) is 12.0 Å². The molecule has 0 atom stereocenters. The number of hydrogen-bond acceptors (Lipinski definition) is 7. The summed E-state index contributed by atoms with van der Waals surface area (Å²) < 4.78 is 5.39. The number of phenolic OH excluding ortho intramolecular Hbond substituents is 1. The highest BCUT2D eigenvalue weighted by atomic mass is 16.5. The summed E-state index contributed by atoms with van der Waals surface area (Å²) in [6, 6.07) is 15.6. The van der Waals surface area contributed by atoms with Crippen LogP contribution in [-0.2, 0) is 0 Å². The van der Waals surface area contributed by atoms with Crippen molar-refractivity contribution >= 4 is 12.2 Å². The zero-order valence-electron chi connectivity index (χ0n) is 15.0. The van der Waals surface area contributed by atoms with Crippen molar-refractivity contribution in [3.05, 3.63) is 70.0 Å². The Bertz CT molecular complexity index is 1100. The van der Waals surface area contributed by atoms with Crippen LogP contribution in [0.5, 0.6) is 11.5 Å². The maximum absolute atomic E-state index is 12.2. The van der Waals surface area contributed by atoms with E-state index in [1.807, 2.05) is 19.1 Å². The van der Waals surface area contributed by atoms with Crippen LogP contribution in [0.2, 0.25) is 0 Å². The topological polar surface area (TPSA) is 123 Å². The van der Waals surface area contributed by atoms with E-state index in [1.54, 1.807) is 36.4 Å². The lowest BCUT2D eigenvalue weighted by Crippen LogP contribution is -2.16. The van der Waals surface area contributed by atoms with Crippen LogP contribution in [0.25, 0.3) is 11.3 Å². The third kappa shape index (κ3) is 4.16. The van der Waals surface area contributed by atoms with Crippen molar-refractivity contribution in [1.82, 2.24) is 9.97 Å². The quantitative estimate of drug-likeness (QED) is 0.450. The monoisotopic (exact) mass is 375 g/mol. The molecular formula is C20H17N5O3. The van der Waals surface area contributed by atoms with Crippen LogP contribution < -0.4 is 15.7 Å². The molecule has 0 bridgehead atoms. The molecule has 0 spiro atoms. The smallest absolute Gasteiger partial charge is 0.270 e. The number of rotatable bonds is 6. The average Bonchev–Trinajstić information content (AvgIpc) is 2.71.